The fraction of sp³-hybridized carbons (Fsp3) is 0.444. The number of hydrogen-bond acceptors (Lipinski definition) is 3. The molecule has 0 unspecified atom stereocenters. The molecule has 6 heteroatoms. The van der Waals surface area contributed by atoms with Crippen molar-refractivity contribution >= 4 is 35.3 Å². The molecule has 0 aliphatic carbocycles. The van der Waals surface area contributed by atoms with Gasteiger partial charge in [0.05, 0.1) is 5.75 Å². The first-order valence-electron chi connectivity index (χ1n) is 8.40. The highest BCUT2D eigenvalue weighted by Crippen LogP contribution is 2.17. The smallest absolute Gasteiger partial charge is 0.229 e. The van der Waals surface area contributed by atoms with Crippen LogP contribution in [-0.2, 0) is 16.0 Å². The lowest BCUT2D eigenvalue weighted by Crippen LogP contribution is -2.26. The number of hydrogen-bond donors (Lipinski definition) is 4. The minimum Gasteiger partial charge on any atom is -0.361 e. The van der Waals surface area contributed by atoms with E-state index in [1.54, 1.807) is 0 Å². The van der Waals surface area contributed by atoms with Gasteiger partial charge < -0.3 is 15.6 Å². The molecular weight excluding hydrogens is 322 g/mol. The van der Waals surface area contributed by atoms with Gasteiger partial charge in [-0.05, 0) is 30.9 Å². The van der Waals surface area contributed by atoms with E-state index in [9.17, 15) is 9.59 Å². The Morgan fingerprint density at radius 2 is 1.79 bits per heavy atom. The number of carbonyl (C=O) groups excluding carboxylic acids is 2. The number of amides is 2. The maximum atomic E-state index is 11.8. The Hall–Kier alpha value is -1.95. The van der Waals surface area contributed by atoms with Crippen molar-refractivity contribution in [2.45, 2.75) is 32.1 Å². The Morgan fingerprint density at radius 3 is 2.62 bits per heavy atom. The molecule has 1 aromatic carbocycles. The maximum Gasteiger partial charge on any atom is 0.229 e. The lowest BCUT2D eigenvalue weighted by atomic mass is 10.1. The molecular formula is C18H25N3O2S. The van der Waals surface area contributed by atoms with Crippen molar-refractivity contribution < 1.29 is 9.59 Å². The molecule has 0 aliphatic rings. The second kappa shape index (κ2) is 10.0. The lowest BCUT2D eigenvalue weighted by Gasteiger charge is -2.05. The monoisotopic (exact) mass is 347 g/mol. The van der Waals surface area contributed by atoms with Gasteiger partial charge in [-0.15, -0.1) is 0 Å². The molecule has 2 rings (SSSR count). The summed E-state index contributed by atoms with van der Waals surface area (Å²) >= 11 is 3.89. The molecule has 24 heavy (non-hydrogen) atoms. The summed E-state index contributed by atoms with van der Waals surface area (Å²) in [6.07, 6.45) is 6.04. The summed E-state index contributed by atoms with van der Waals surface area (Å²) in [5.41, 5.74) is 2.36. The summed E-state index contributed by atoms with van der Waals surface area (Å²) in [6.45, 7) is 1.31. The number of rotatable bonds is 10. The first-order valence-corrected chi connectivity index (χ1v) is 9.03. The molecule has 0 saturated heterocycles. The molecule has 0 atom stereocenters. The van der Waals surface area contributed by atoms with Crippen LogP contribution in [0.5, 0.6) is 0 Å². The molecule has 1 heterocycles. The van der Waals surface area contributed by atoms with E-state index in [1.165, 1.54) is 10.9 Å². The first-order chi connectivity index (χ1) is 11.7. The Balaban J connectivity index is 1.56. The van der Waals surface area contributed by atoms with Crippen molar-refractivity contribution in [3.63, 3.8) is 0 Å². The van der Waals surface area contributed by atoms with Crippen molar-refractivity contribution in [3.8, 4) is 0 Å². The number of unbranched alkanes of at least 4 members (excludes halogenated alkanes) is 2. The van der Waals surface area contributed by atoms with E-state index in [4.69, 9.17) is 0 Å². The van der Waals surface area contributed by atoms with Gasteiger partial charge in [0.1, 0.15) is 0 Å². The minimum absolute atomic E-state index is 0.0478. The predicted molar refractivity (Wildman–Crippen MR) is 100 cm³/mol. The van der Waals surface area contributed by atoms with Gasteiger partial charge in [0, 0.05) is 36.6 Å². The number of thiol groups is 1. The van der Waals surface area contributed by atoms with Gasteiger partial charge in [-0.3, -0.25) is 9.59 Å². The summed E-state index contributed by atoms with van der Waals surface area (Å²) in [5, 5.41) is 6.95. The molecule has 1 aromatic heterocycles. The second-order valence-corrected chi connectivity index (χ2v) is 6.09. The van der Waals surface area contributed by atoms with E-state index < -0.39 is 0 Å². The molecule has 0 bridgehead atoms. The van der Waals surface area contributed by atoms with Gasteiger partial charge in [-0.2, -0.15) is 12.6 Å². The number of aromatic nitrogens is 1. The van der Waals surface area contributed by atoms with Crippen molar-refractivity contribution in [1.82, 2.24) is 15.6 Å². The summed E-state index contributed by atoms with van der Waals surface area (Å²) < 4.78 is 0. The second-order valence-electron chi connectivity index (χ2n) is 5.78. The van der Waals surface area contributed by atoms with Crippen molar-refractivity contribution in [3.05, 3.63) is 36.0 Å². The molecule has 5 nitrogen and oxygen atoms in total. The highest BCUT2D eigenvalue weighted by atomic mass is 32.1. The summed E-state index contributed by atoms with van der Waals surface area (Å²) in [5.74, 6) is 0.265. The normalized spacial score (nSPS) is 10.7. The van der Waals surface area contributed by atoms with Crippen molar-refractivity contribution in [2.75, 3.05) is 18.8 Å². The number of H-pyrrole nitrogens is 1. The van der Waals surface area contributed by atoms with Crippen LogP contribution in [-0.4, -0.2) is 35.6 Å². The quantitative estimate of drug-likeness (QED) is 0.394. The first kappa shape index (κ1) is 18.4. The topological polar surface area (TPSA) is 74.0 Å². The van der Waals surface area contributed by atoms with E-state index in [2.05, 4.69) is 40.4 Å². The van der Waals surface area contributed by atoms with E-state index in [-0.39, 0.29) is 17.6 Å². The molecule has 0 saturated carbocycles. The molecule has 2 aromatic rings. The van der Waals surface area contributed by atoms with Crippen LogP contribution in [0.3, 0.4) is 0 Å². The van der Waals surface area contributed by atoms with Crippen molar-refractivity contribution in [1.29, 1.82) is 0 Å². The minimum atomic E-state index is -0.0478. The van der Waals surface area contributed by atoms with Gasteiger partial charge in [-0.25, -0.2) is 0 Å². The maximum absolute atomic E-state index is 11.8. The van der Waals surface area contributed by atoms with E-state index in [1.807, 2.05) is 18.3 Å². The third kappa shape index (κ3) is 5.92. The zero-order valence-corrected chi connectivity index (χ0v) is 14.7. The molecule has 2 amide bonds. The third-order valence-electron chi connectivity index (χ3n) is 3.94. The van der Waals surface area contributed by atoms with E-state index in [0.717, 1.165) is 31.2 Å². The van der Waals surface area contributed by atoms with E-state index >= 15 is 0 Å². The number of carbonyl (C=O) groups is 2. The Bertz CT molecular complexity index is 669. The summed E-state index contributed by atoms with van der Waals surface area (Å²) in [6, 6.07) is 8.18. The number of fused-ring (bicyclic) bond motifs is 1. The number of benzene rings is 1. The van der Waals surface area contributed by atoms with Crippen LogP contribution in [0.25, 0.3) is 10.9 Å². The molecule has 0 spiro atoms. The van der Waals surface area contributed by atoms with Crippen LogP contribution < -0.4 is 10.6 Å². The average molecular weight is 347 g/mol. The summed E-state index contributed by atoms with van der Waals surface area (Å²) in [4.78, 5) is 26.1. The molecule has 130 valence electrons. The fourth-order valence-corrected chi connectivity index (χ4v) is 2.75. The fourth-order valence-electron chi connectivity index (χ4n) is 2.63. The predicted octanol–water partition coefficient (Wildman–Crippen LogP) is 2.43. The molecule has 0 aliphatic heterocycles. The van der Waals surface area contributed by atoms with Crippen LogP contribution in [0.15, 0.2) is 30.5 Å². The van der Waals surface area contributed by atoms with Crippen LogP contribution >= 0.6 is 12.6 Å². The van der Waals surface area contributed by atoms with Crippen molar-refractivity contribution in [2.24, 2.45) is 0 Å². The van der Waals surface area contributed by atoms with Gasteiger partial charge in [0.15, 0.2) is 0 Å². The van der Waals surface area contributed by atoms with Gasteiger partial charge >= 0.3 is 0 Å². The number of para-hydroxylation sites is 1. The van der Waals surface area contributed by atoms with Gasteiger partial charge in [0.25, 0.3) is 0 Å². The van der Waals surface area contributed by atoms with Gasteiger partial charge in [-0.1, -0.05) is 24.6 Å². The lowest BCUT2D eigenvalue weighted by molar-refractivity contribution is -0.121. The number of aromatic amines is 1. The zero-order chi connectivity index (χ0) is 17.2. The van der Waals surface area contributed by atoms with Gasteiger partial charge in [0.2, 0.25) is 11.8 Å². The highest BCUT2D eigenvalue weighted by molar-refractivity contribution is 7.81. The largest absolute Gasteiger partial charge is 0.361 e. The zero-order valence-electron chi connectivity index (χ0n) is 13.8. The third-order valence-corrected chi connectivity index (χ3v) is 4.23. The number of nitrogens with one attached hydrogen (secondary N) is 3. The van der Waals surface area contributed by atoms with Crippen LogP contribution in [0, 0.1) is 0 Å². The Kier molecular flexibility index (Phi) is 7.68. The standard InChI is InChI=1S/C18H25N3O2S/c22-17(8-2-1-5-10-19-18(23)13-24)20-11-9-14-12-21-16-7-4-3-6-15(14)16/h3-4,6-7,12,21,24H,1-2,5,8-11,13H2,(H,19,23)(H,20,22). The average Bonchev–Trinajstić information content (AvgIpc) is 3.01. The SMILES string of the molecule is O=C(CS)NCCCCCC(=O)NCCc1c[nH]c2ccccc12. The molecule has 0 fully saturated rings. The molecule has 3 N–H and O–H groups in total. The van der Waals surface area contributed by atoms with E-state index in [0.29, 0.717) is 19.5 Å². The Labute approximate surface area is 148 Å². The highest BCUT2D eigenvalue weighted by Gasteiger charge is 2.04. The summed E-state index contributed by atoms with van der Waals surface area (Å²) in [7, 11) is 0. The van der Waals surface area contributed by atoms with Crippen LogP contribution in [0.4, 0.5) is 0 Å². The Morgan fingerprint density at radius 1 is 1.00 bits per heavy atom. The van der Waals surface area contributed by atoms with Crippen LogP contribution in [0.2, 0.25) is 0 Å². The van der Waals surface area contributed by atoms with Crippen LogP contribution in [0.1, 0.15) is 31.2 Å². The molecule has 0 radical (unpaired) electrons.